The van der Waals surface area contributed by atoms with Gasteiger partial charge < -0.3 is 10.7 Å². The Morgan fingerprint density at radius 2 is 1.90 bits per heavy atom. The van der Waals surface area contributed by atoms with Crippen LogP contribution in [0.1, 0.15) is 30.3 Å². The van der Waals surface area contributed by atoms with Crippen molar-refractivity contribution in [2.75, 3.05) is 10.7 Å². The van der Waals surface area contributed by atoms with Crippen LogP contribution in [-0.2, 0) is 6.42 Å². The van der Waals surface area contributed by atoms with Crippen molar-refractivity contribution < 1.29 is 0 Å². The fourth-order valence-electron chi connectivity index (χ4n) is 1.97. The Labute approximate surface area is 129 Å². The molecule has 0 saturated carbocycles. The molecule has 0 aliphatic heterocycles. The van der Waals surface area contributed by atoms with Gasteiger partial charge in [-0.05, 0) is 38.0 Å². The third kappa shape index (κ3) is 3.62. The number of hydrazine groups is 1. The Morgan fingerprint density at radius 1 is 1.19 bits per heavy atom. The summed E-state index contributed by atoms with van der Waals surface area (Å²) < 4.78 is 0. The van der Waals surface area contributed by atoms with Gasteiger partial charge in [0.25, 0.3) is 0 Å². The van der Waals surface area contributed by atoms with E-state index in [1.807, 2.05) is 32.0 Å². The summed E-state index contributed by atoms with van der Waals surface area (Å²) in [5.74, 6) is 7.66. The predicted molar refractivity (Wildman–Crippen MR) is 88.0 cm³/mol. The van der Waals surface area contributed by atoms with Crippen LogP contribution in [0.15, 0.2) is 18.2 Å². The Bertz CT molecular complexity index is 642. The van der Waals surface area contributed by atoms with E-state index in [1.165, 1.54) is 0 Å². The Balaban J connectivity index is 2.37. The second-order valence-electron chi connectivity index (χ2n) is 4.95. The molecule has 0 radical (unpaired) electrons. The molecule has 6 heteroatoms. The Kier molecular flexibility index (Phi) is 4.98. The molecular weight excluding hydrogens is 286 g/mol. The SMILES string of the molecule is CCCc1nc(NN)c(C)c(Nc2ccc(C)c(Cl)c2)n1. The van der Waals surface area contributed by atoms with Crippen LogP contribution < -0.4 is 16.6 Å². The number of rotatable bonds is 5. The molecule has 0 unspecified atom stereocenters. The minimum Gasteiger partial charge on any atom is -0.340 e. The molecule has 0 fully saturated rings. The average Bonchev–Trinajstić information content (AvgIpc) is 2.46. The minimum atomic E-state index is 0.633. The highest BCUT2D eigenvalue weighted by molar-refractivity contribution is 6.31. The van der Waals surface area contributed by atoms with Crippen LogP contribution in [0.25, 0.3) is 0 Å². The van der Waals surface area contributed by atoms with Crippen molar-refractivity contribution >= 4 is 28.9 Å². The maximum absolute atomic E-state index is 6.15. The zero-order chi connectivity index (χ0) is 15.4. The monoisotopic (exact) mass is 305 g/mol. The molecule has 2 rings (SSSR count). The molecule has 0 aliphatic rings. The maximum atomic E-state index is 6.15. The van der Waals surface area contributed by atoms with Gasteiger partial charge in [0.05, 0.1) is 0 Å². The van der Waals surface area contributed by atoms with Crippen LogP contribution in [0.2, 0.25) is 5.02 Å². The number of hydrogen-bond donors (Lipinski definition) is 3. The number of nitrogens with one attached hydrogen (secondary N) is 2. The van der Waals surface area contributed by atoms with Crippen molar-refractivity contribution in [2.24, 2.45) is 5.84 Å². The molecule has 5 nitrogen and oxygen atoms in total. The first-order valence-corrected chi connectivity index (χ1v) is 7.30. The number of halogens is 1. The molecule has 1 aromatic carbocycles. The molecule has 1 aromatic heterocycles. The van der Waals surface area contributed by atoms with Gasteiger partial charge in [-0.15, -0.1) is 0 Å². The first-order valence-electron chi connectivity index (χ1n) is 6.92. The first-order chi connectivity index (χ1) is 10.0. The molecule has 0 saturated heterocycles. The van der Waals surface area contributed by atoms with Gasteiger partial charge in [0, 0.05) is 22.7 Å². The van der Waals surface area contributed by atoms with Gasteiger partial charge in [-0.25, -0.2) is 15.8 Å². The molecule has 0 spiro atoms. The van der Waals surface area contributed by atoms with Gasteiger partial charge in [0.15, 0.2) is 0 Å². The molecule has 0 amide bonds. The van der Waals surface area contributed by atoms with E-state index in [0.29, 0.717) is 5.82 Å². The lowest BCUT2D eigenvalue weighted by molar-refractivity contribution is 0.833. The van der Waals surface area contributed by atoms with E-state index >= 15 is 0 Å². The van der Waals surface area contributed by atoms with Crippen molar-refractivity contribution in [3.63, 3.8) is 0 Å². The van der Waals surface area contributed by atoms with Crippen molar-refractivity contribution in [3.8, 4) is 0 Å². The predicted octanol–water partition coefficient (Wildman–Crippen LogP) is 3.73. The van der Waals surface area contributed by atoms with E-state index in [4.69, 9.17) is 17.4 Å². The normalized spacial score (nSPS) is 10.5. The number of nitrogens with two attached hydrogens (primary N) is 1. The van der Waals surface area contributed by atoms with Gasteiger partial charge in [-0.3, -0.25) is 0 Å². The van der Waals surface area contributed by atoms with E-state index in [9.17, 15) is 0 Å². The zero-order valence-corrected chi connectivity index (χ0v) is 13.3. The number of nitrogen functional groups attached to an aromatic ring is 1. The van der Waals surface area contributed by atoms with Crippen LogP contribution in [0.5, 0.6) is 0 Å². The fraction of sp³-hybridized carbons (Fsp3) is 0.333. The van der Waals surface area contributed by atoms with Gasteiger partial charge in [0.1, 0.15) is 17.5 Å². The summed E-state index contributed by atoms with van der Waals surface area (Å²) in [5.41, 5.74) is 5.42. The molecule has 21 heavy (non-hydrogen) atoms. The largest absolute Gasteiger partial charge is 0.340 e. The molecule has 2 aromatic rings. The lowest BCUT2D eigenvalue weighted by atomic mass is 10.2. The van der Waals surface area contributed by atoms with Gasteiger partial charge in [0.2, 0.25) is 0 Å². The van der Waals surface area contributed by atoms with Gasteiger partial charge in [-0.2, -0.15) is 0 Å². The number of anilines is 3. The van der Waals surface area contributed by atoms with Crippen LogP contribution in [0.4, 0.5) is 17.3 Å². The Morgan fingerprint density at radius 3 is 2.52 bits per heavy atom. The van der Waals surface area contributed by atoms with Crippen LogP contribution in [-0.4, -0.2) is 9.97 Å². The third-order valence-corrected chi connectivity index (χ3v) is 3.64. The van der Waals surface area contributed by atoms with Crippen LogP contribution in [0.3, 0.4) is 0 Å². The fourth-order valence-corrected chi connectivity index (χ4v) is 2.15. The van der Waals surface area contributed by atoms with Crippen molar-refractivity contribution in [1.29, 1.82) is 0 Å². The molecule has 112 valence electrons. The lowest BCUT2D eigenvalue weighted by Crippen LogP contribution is -2.14. The first kappa shape index (κ1) is 15.5. The highest BCUT2D eigenvalue weighted by Gasteiger charge is 2.10. The lowest BCUT2D eigenvalue weighted by Gasteiger charge is -2.14. The maximum Gasteiger partial charge on any atom is 0.148 e. The standard InChI is InChI=1S/C15H20ClN5/c1-4-5-13-19-14(10(3)15(20-13)21-17)18-11-7-6-9(2)12(16)8-11/h6-8H,4-5,17H2,1-3H3,(H2,18,19,20,21). The van der Waals surface area contributed by atoms with E-state index in [1.54, 1.807) is 0 Å². The second kappa shape index (κ2) is 6.74. The topological polar surface area (TPSA) is 75.9 Å². The van der Waals surface area contributed by atoms with Crippen molar-refractivity contribution in [3.05, 3.63) is 40.2 Å². The number of aromatic nitrogens is 2. The number of nitrogens with zero attached hydrogens (tertiary/aromatic N) is 2. The highest BCUT2D eigenvalue weighted by Crippen LogP contribution is 2.26. The van der Waals surface area contributed by atoms with E-state index in [-0.39, 0.29) is 0 Å². The van der Waals surface area contributed by atoms with E-state index < -0.39 is 0 Å². The van der Waals surface area contributed by atoms with Crippen LogP contribution in [0, 0.1) is 13.8 Å². The summed E-state index contributed by atoms with van der Waals surface area (Å²) in [7, 11) is 0. The van der Waals surface area contributed by atoms with E-state index in [0.717, 1.165) is 46.3 Å². The number of benzene rings is 1. The summed E-state index contributed by atoms with van der Waals surface area (Å²) in [6.45, 7) is 5.98. The van der Waals surface area contributed by atoms with Gasteiger partial charge in [-0.1, -0.05) is 24.6 Å². The molecule has 0 bridgehead atoms. The van der Waals surface area contributed by atoms with Crippen LogP contribution >= 0.6 is 11.6 Å². The van der Waals surface area contributed by atoms with Crippen molar-refractivity contribution in [2.45, 2.75) is 33.6 Å². The highest BCUT2D eigenvalue weighted by atomic mass is 35.5. The summed E-state index contributed by atoms with van der Waals surface area (Å²) in [6, 6.07) is 5.82. The summed E-state index contributed by atoms with van der Waals surface area (Å²) in [5, 5.41) is 4.00. The smallest absolute Gasteiger partial charge is 0.148 e. The second-order valence-corrected chi connectivity index (χ2v) is 5.35. The molecule has 4 N–H and O–H groups in total. The number of hydrogen-bond acceptors (Lipinski definition) is 5. The summed E-state index contributed by atoms with van der Waals surface area (Å²) in [6.07, 6.45) is 1.78. The van der Waals surface area contributed by atoms with Gasteiger partial charge >= 0.3 is 0 Å². The molecule has 0 aliphatic carbocycles. The molecule has 0 atom stereocenters. The molecule has 1 heterocycles. The molecular formula is C15H20ClN5. The van der Waals surface area contributed by atoms with E-state index in [2.05, 4.69) is 27.6 Å². The zero-order valence-electron chi connectivity index (χ0n) is 12.5. The summed E-state index contributed by atoms with van der Waals surface area (Å²) in [4.78, 5) is 8.96. The Hall–Kier alpha value is -1.85. The van der Waals surface area contributed by atoms with Crippen molar-refractivity contribution in [1.82, 2.24) is 9.97 Å². The summed E-state index contributed by atoms with van der Waals surface area (Å²) >= 11 is 6.15. The quantitative estimate of drug-likeness (QED) is 0.579. The minimum absolute atomic E-state index is 0.633. The third-order valence-electron chi connectivity index (χ3n) is 3.24. The average molecular weight is 306 g/mol. The number of aryl methyl sites for hydroxylation is 2.